The molecule has 0 aromatic heterocycles. The maximum Gasteiger partial charge on any atom is 0.417 e. The van der Waals surface area contributed by atoms with Crippen LogP contribution in [0.25, 0.3) is 6.08 Å². The lowest BCUT2D eigenvalue weighted by molar-refractivity contribution is -0.139. The molecule has 2 aromatic carbocycles. The molecule has 1 unspecified atom stereocenters. The number of benzene rings is 2. The van der Waals surface area contributed by atoms with Crippen molar-refractivity contribution in [2.24, 2.45) is 0 Å². The summed E-state index contributed by atoms with van der Waals surface area (Å²) in [4.78, 5) is 23.6. The fraction of sp³-hybridized carbons (Fsp3) is 0.333. The SMILES string of the molecule is C[C@H](CSCC(F)(F)F)NC(=O)c1ccc(/C=C/C(c2cc(Cl)c(Cl)c(C=O)c2)C(F)(F)F)cc1C(F)(F)F. The first-order valence-electron chi connectivity index (χ1n) is 10.7. The van der Waals surface area contributed by atoms with Crippen molar-refractivity contribution in [2.75, 3.05) is 11.5 Å². The first-order chi connectivity index (χ1) is 17.8. The van der Waals surface area contributed by atoms with Gasteiger partial charge in [0.2, 0.25) is 0 Å². The summed E-state index contributed by atoms with van der Waals surface area (Å²) in [5.41, 5.74) is -3.46. The van der Waals surface area contributed by atoms with Crippen LogP contribution < -0.4 is 5.32 Å². The van der Waals surface area contributed by atoms with Gasteiger partial charge in [-0.15, -0.1) is 0 Å². The Kier molecular flexibility index (Phi) is 10.8. The van der Waals surface area contributed by atoms with Crippen LogP contribution in [0.2, 0.25) is 10.0 Å². The minimum absolute atomic E-state index is 0.199. The molecule has 0 aliphatic heterocycles. The van der Waals surface area contributed by atoms with Gasteiger partial charge in [-0.25, -0.2) is 0 Å². The normalized spacial score (nSPS) is 14.4. The highest BCUT2D eigenvalue weighted by atomic mass is 35.5. The molecule has 1 amide bonds. The van der Waals surface area contributed by atoms with E-state index < -0.39 is 58.8 Å². The Morgan fingerprint density at radius 3 is 2.21 bits per heavy atom. The number of carbonyl (C=O) groups is 2. The van der Waals surface area contributed by atoms with Gasteiger partial charge in [0.25, 0.3) is 5.91 Å². The van der Waals surface area contributed by atoms with Crippen LogP contribution in [0.5, 0.6) is 0 Å². The Balaban J connectivity index is 2.36. The van der Waals surface area contributed by atoms with Gasteiger partial charge >= 0.3 is 18.5 Å². The number of hydrogen-bond donors (Lipinski definition) is 1. The third kappa shape index (κ3) is 9.64. The van der Waals surface area contributed by atoms with Gasteiger partial charge in [-0.2, -0.15) is 51.3 Å². The molecule has 15 heteroatoms. The average molecular weight is 626 g/mol. The molecule has 214 valence electrons. The van der Waals surface area contributed by atoms with Crippen molar-refractivity contribution >= 4 is 53.2 Å². The van der Waals surface area contributed by atoms with E-state index in [-0.39, 0.29) is 33.2 Å². The fourth-order valence-corrected chi connectivity index (χ4v) is 4.48. The molecule has 0 bridgehead atoms. The topological polar surface area (TPSA) is 46.2 Å². The highest BCUT2D eigenvalue weighted by Gasteiger charge is 2.40. The van der Waals surface area contributed by atoms with Gasteiger partial charge in [-0.1, -0.05) is 41.4 Å². The standard InChI is InChI=1S/C24H18Cl2F9NO2S/c1-12(10-39-11-22(27,28)29)36-21(38)16-4-2-13(6-18(16)24(33,34)35)3-5-17(23(30,31)32)14-7-15(9-37)20(26)19(25)8-14/h2-9,12,17H,10-11H2,1H3,(H,36,38)/b5-3+/t12-,17?/m1/s1. The molecule has 39 heavy (non-hydrogen) atoms. The molecule has 0 saturated carbocycles. The summed E-state index contributed by atoms with van der Waals surface area (Å²) in [5.74, 6) is -5.03. The van der Waals surface area contributed by atoms with Crippen LogP contribution in [0, 0.1) is 0 Å². The van der Waals surface area contributed by atoms with E-state index in [1.807, 2.05) is 0 Å². The van der Waals surface area contributed by atoms with E-state index in [9.17, 15) is 49.1 Å². The van der Waals surface area contributed by atoms with Gasteiger partial charge in [-0.05, 0) is 42.3 Å². The first kappa shape index (κ1) is 32.8. The van der Waals surface area contributed by atoms with Gasteiger partial charge in [-0.3, -0.25) is 9.59 Å². The van der Waals surface area contributed by atoms with Crippen LogP contribution in [0.4, 0.5) is 39.5 Å². The first-order valence-corrected chi connectivity index (χ1v) is 12.6. The molecule has 1 N–H and O–H groups in total. The second-order valence-electron chi connectivity index (χ2n) is 8.21. The number of carbonyl (C=O) groups excluding carboxylic acids is 2. The van der Waals surface area contributed by atoms with Gasteiger partial charge in [0.15, 0.2) is 6.29 Å². The minimum Gasteiger partial charge on any atom is -0.349 e. The molecule has 0 heterocycles. The van der Waals surface area contributed by atoms with Crippen molar-refractivity contribution < 1.29 is 49.1 Å². The van der Waals surface area contributed by atoms with E-state index in [1.165, 1.54) is 6.92 Å². The number of thioether (sulfide) groups is 1. The summed E-state index contributed by atoms with van der Waals surface area (Å²) in [6.07, 6.45) is -13.0. The van der Waals surface area contributed by atoms with E-state index >= 15 is 0 Å². The highest BCUT2D eigenvalue weighted by Crippen LogP contribution is 2.40. The number of alkyl halides is 9. The van der Waals surface area contributed by atoms with Crippen molar-refractivity contribution in [3.63, 3.8) is 0 Å². The van der Waals surface area contributed by atoms with Gasteiger partial charge in [0, 0.05) is 17.4 Å². The Hall–Kier alpha value is -2.38. The monoisotopic (exact) mass is 625 g/mol. The van der Waals surface area contributed by atoms with Crippen molar-refractivity contribution in [3.05, 3.63) is 74.3 Å². The Morgan fingerprint density at radius 2 is 1.67 bits per heavy atom. The molecule has 2 aromatic rings. The second kappa shape index (κ2) is 12.9. The number of halogens is 11. The van der Waals surface area contributed by atoms with Crippen LogP contribution in [0.1, 0.15) is 50.2 Å². The van der Waals surface area contributed by atoms with E-state index in [1.54, 1.807) is 0 Å². The van der Waals surface area contributed by atoms with Gasteiger partial charge in [0.1, 0.15) is 0 Å². The largest absolute Gasteiger partial charge is 0.417 e. The van der Waals surface area contributed by atoms with Crippen molar-refractivity contribution in [1.82, 2.24) is 5.32 Å². The zero-order chi connectivity index (χ0) is 29.8. The number of hydrogen-bond acceptors (Lipinski definition) is 3. The second-order valence-corrected chi connectivity index (χ2v) is 10.0. The van der Waals surface area contributed by atoms with Crippen molar-refractivity contribution in [1.29, 1.82) is 0 Å². The number of nitrogens with one attached hydrogen (secondary N) is 1. The molecule has 0 spiro atoms. The van der Waals surface area contributed by atoms with E-state index in [2.05, 4.69) is 5.32 Å². The lowest BCUT2D eigenvalue weighted by Crippen LogP contribution is -2.35. The van der Waals surface area contributed by atoms with Crippen molar-refractivity contribution in [3.8, 4) is 0 Å². The quantitative estimate of drug-likeness (QED) is 0.224. The predicted octanol–water partition coefficient (Wildman–Crippen LogP) is 8.60. The molecule has 0 radical (unpaired) electrons. The Morgan fingerprint density at radius 1 is 1.03 bits per heavy atom. The van der Waals surface area contributed by atoms with Crippen LogP contribution >= 0.6 is 35.0 Å². The van der Waals surface area contributed by atoms with Crippen LogP contribution in [-0.4, -0.2) is 42.1 Å². The Labute approximate surface area is 230 Å². The number of allylic oxidation sites excluding steroid dienone is 1. The van der Waals surface area contributed by atoms with Crippen LogP contribution in [0.3, 0.4) is 0 Å². The average Bonchev–Trinajstić information content (AvgIpc) is 2.78. The molecule has 0 fully saturated rings. The summed E-state index contributed by atoms with van der Waals surface area (Å²) >= 11 is 12.0. The zero-order valence-electron chi connectivity index (χ0n) is 19.6. The van der Waals surface area contributed by atoms with E-state index in [4.69, 9.17) is 23.2 Å². The highest BCUT2D eigenvalue weighted by molar-refractivity contribution is 7.99. The summed E-state index contributed by atoms with van der Waals surface area (Å²) in [5, 5.41) is 1.58. The molecular weight excluding hydrogens is 608 g/mol. The lowest BCUT2D eigenvalue weighted by atomic mass is 9.95. The molecule has 0 saturated heterocycles. The Bertz CT molecular complexity index is 1230. The summed E-state index contributed by atoms with van der Waals surface area (Å²) in [6, 6.07) is 3.01. The third-order valence-corrected chi connectivity index (χ3v) is 7.09. The van der Waals surface area contributed by atoms with E-state index in [0.29, 0.717) is 23.9 Å². The van der Waals surface area contributed by atoms with Crippen LogP contribution in [-0.2, 0) is 6.18 Å². The maximum atomic E-state index is 13.8. The van der Waals surface area contributed by atoms with Crippen molar-refractivity contribution in [2.45, 2.75) is 37.4 Å². The fourth-order valence-electron chi connectivity index (χ4n) is 3.31. The summed E-state index contributed by atoms with van der Waals surface area (Å²) < 4.78 is 119. The van der Waals surface area contributed by atoms with Gasteiger partial charge < -0.3 is 5.32 Å². The van der Waals surface area contributed by atoms with E-state index in [0.717, 1.165) is 30.3 Å². The smallest absolute Gasteiger partial charge is 0.349 e. The molecule has 0 aliphatic rings. The minimum atomic E-state index is -5.09. The molecule has 2 atom stereocenters. The molecule has 2 rings (SSSR count). The third-order valence-electron chi connectivity index (χ3n) is 5.00. The number of aldehydes is 1. The molecular formula is C24H18Cl2F9NO2S. The summed E-state index contributed by atoms with van der Waals surface area (Å²) in [7, 11) is 0. The molecule has 0 aliphatic carbocycles. The lowest BCUT2D eigenvalue weighted by Gasteiger charge is -2.19. The number of rotatable bonds is 9. The predicted molar refractivity (Wildman–Crippen MR) is 131 cm³/mol. The molecule has 3 nitrogen and oxygen atoms in total. The van der Waals surface area contributed by atoms with Crippen LogP contribution in [0.15, 0.2) is 36.4 Å². The maximum absolute atomic E-state index is 13.8. The zero-order valence-corrected chi connectivity index (χ0v) is 21.9. The summed E-state index contributed by atoms with van der Waals surface area (Å²) in [6.45, 7) is 1.31. The van der Waals surface area contributed by atoms with Gasteiger partial charge in [0.05, 0.1) is 32.8 Å². The number of amides is 1.